The van der Waals surface area contributed by atoms with E-state index in [1.54, 1.807) is 0 Å². The molecule has 9 heteroatoms. The van der Waals surface area contributed by atoms with Gasteiger partial charge in [0.05, 0.1) is 17.0 Å². The van der Waals surface area contributed by atoms with Crippen molar-refractivity contribution in [2.45, 2.75) is 11.4 Å². The van der Waals surface area contributed by atoms with E-state index >= 15 is 0 Å². The number of hydrogen-bond acceptors (Lipinski definition) is 6. The van der Waals surface area contributed by atoms with Crippen molar-refractivity contribution in [3.8, 4) is 0 Å². The lowest BCUT2D eigenvalue weighted by atomic mass is 10.0. The van der Waals surface area contributed by atoms with Crippen LogP contribution in [0.1, 0.15) is 26.3 Å². The molecule has 0 fully saturated rings. The number of aromatic carboxylic acids is 1. The second-order valence-corrected chi connectivity index (χ2v) is 8.41. The molecular formula is C20H17NO7S. The fraction of sp³-hybridized carbons (Fsp3) is 0.150. The van der Waals surface area contributed by atoms with Crippen LogP contribution in [0.3, 0.4) is 0 Å². The Kier molecular flexibility index (Phi) is 5.36. The average molecular weight is 415 g/mol. The number of carboxylic acid groups (broad SMARTS) is 1. The van der Waals surface area contributed by atoms with Gasteiger partial charge in [0.25, 0.3) is 0 Å². The van der Waals surface area contributed by atoms with Gasteiger partial charge in [-0.15, -0.1) is 0 Å². The van der Waals surface area contributed by atoms with E-state index in [4.69, 9.17) is 0 Å². The minimum atomic E-state index is -3.66. The maximum absolute atomic E-state index is 13.0. The summed E-state index contributed by atoms with van der Waals surface area (Å²) >= 11 is 0. The molecule has 0 atom stereocenters. The highest BCUT2D eigenvalue weighted by Crippen LogP contribution is 2.22. The Morgan fingerprint density at radius 3 is 2.38 bits per heavy atom. The predicted octanol–water partition coefficient (Wildman–Crippen LogP) is 1.33. The molecule has 1 aromatic heterocycles. The number of hydrogen-bond donors (Lipinski definition) is 2. The lowest BCUT2D eigenvalue weighted by molar-refractivity contribution is 0.0694. The van der Waals surface area contributed by atoms with Gasteiger partial charge in [0.1, 0.15) is 5.56 Å². The number of carbonyl (C=O) groups is 2. The molecule has 0 aliphatic carbocycles. The Balaban J connectivity index is 2.26. The second-order valence-electron chi connectivity index (χ2n) is 6.42. The van der Waals surface area contributed by atoms with Gasteiger partial charge in [-0.25, -0.2) is 13.2 Å². The van der Waals surface area contributed by atoms with E-state index < -0.39 is 32.6 Å². The monoisotopic (exact) mass is 415 g/mol. The highest BCUT2D eigenvalue weighted by Gasteiger charge is 2.21. The van der Waals surface area contributed by atoms with Crippen molar-refractivity contribution in [1.82, 2.24) is 4.57 Å². The summed E-state index contributed by atoms with van der Waals surface area (Å²) < 4.78 is 25.4. The average Bonchev–Trinajstić information content (AvgIpc) is 2.68. The van der Waals surface area contributed by atoms with Crippen molar-refractivity contribution in [2.75, 3.05) is 12.9 Å². The summed E-state index contributed by atoms with van der Waals surface area (Å²) in [7, 11) is -3.66. The van der Waals surface area contributed by atoms with Crippen LogP contribution >= 0.6 is 0 Å². The van der Waals surface area contributed by atoms with Gasteiger partial charge in [-0.2, -0.15) is 0 Å². The summed E-state index contributed by atoms with van der Waals surface area (Å²) in [6, 6.07) is 9.87. The van der Waals surface area contributed by atoms with Gasteiger partial charge in [0.2, 0.25) is 5.43 Å². The number of aliphatic hydroxyl groups is 1. The summed E-state index contributed by atoms with van der Waals surface area (Å²) in [6.07, 6.45) is 2.13. The predicted molar refractivity (Wildman–Crippen MR) is 105 cm³/mol. The van der Waals surface area contributed by atoms with Crippen molar-refractivity contribution in [1.29, 1.82) is 0 Å². The minimum absolute atomic E-state index is 0.0129. The molecule has 0 aliphatic heterocycles. The number of rotatable bonds is 6. The quantitative estimate of drug-likeness (QED) is 0.581. The van der Waals surface area contributed by atoms with Crippen LogP contribution in [0.15, 0.2) is 58.4 Å². The summed E-state index contributed by atoms with van der Waals surface area (Å²) in [4.78, 5) is 36.8. The number of ketones is 1. The highest BCUT2D eigenvalue weighted by molar-refractivity contribution is 7.90. The van der Waals surface area contributed by atoms with Crippen LogP contribution in [0.2, 0.25) is 0 Å². The summed E-state index contributed by atoms with van der Waals surface area (Å²) in [5.74, 6) is -2.04. The molecule has 0 radical (unpaired) electrons. The molecule has 3 aromatic rings. The van der Waals surface area contributed by atoms with E-state index in [1.165, 1.54) is 47.0 Å². The Hall–Kier alpha value is -3.30. The first kappa shape index (κ1) is 20.4. The molecule has 0 spiro atoms. The molecule has 1 heterocycles. The number of nitrogens with zero attached hydrogens (tertiary/aromatic N) is 1. The Bertz CT molecular complexity index is 1310. The van der Waals surface area contributed by atoms with Gasteiger partial charge in [0, 0.05) is 35.5 Å². The first-order valence-corrected chi connectivity index (χ1v) is 10.4. The minimum Gasteiger partial charge on any atom is -0.477 e. The van der Waals surface area contributed by atoms with E-state index in [0.29, 0.717) is 5.52 Å². The molecule has 8 nitrogen and oxygen atoms in total. The molecule has 0 bridgehead atoms. The number of carboxylic acids is 1. The van der Waals surface area contributed by atoms with Crippen molar-refractivity contribution in [3.05, 3.63) is 75.6 Å². The molecule has 0 saturated heterocycles. The normalized spacial score (nSPS) is 11.5. The number of pyridine rings is 1. The topological polar surface area (TPSA) is 131 Å². The van der Waals surface area contributed by atoms with E-state index in [9.17, 15) is 33.0 Å². The third kappa shape index (κ3) is 3.82. The summed E-state index contributed by atoms with van der Waals surface area (Å²) in [5.41, 5.74) is -0.912. The van der Waals surface area contributed by atoms with Crippen LogP contribution in [0.4, 0.5) is 0 Å². The largest absolute Gasteiger partial charge is 0.477 e. The van der Waals surface area contributed by atoms with Gasteiger partial charge in [0.15, 0.2) is 15.6 Å². The van der Waals surface area contributed by atoms with Crippen LogP contribution in [-0.2, 0) is 16.4 Å². The first-order valence-electron chi connectivity index (χ1n) is 8.50. The fourth-order valence-corrected chi connectivity index (χ4v) is 4.00. The van der Waals surface area contributed by atoms with Crippen molar-refractivity contribution in [3.63, 3.8) is 0 Å². The molecular weight excluding hydrogens is 398 g/mol. The van der Waals surface area contributed by atoms with Crippen molar-refractivity contribution in [2.24, 2.45) is 0 Å². The third-order valence-corrected chi connectivity index (χ3v) is 5.60. The molecule has 2 N–H and O–H groups in total. The van der Waals surface area contributed by atoms with Crippen molar-refractivity contribution < 1.29 is 28.2 Å². The molecule has 0 aliphatic rings. The van der Waals surface area contributed by atoms with E-state index in [0.717, 1.165) is 12.5 Å². The second kappa shape index (κ2) is 7.61. The van der Waals surface area contributed by atoms with Gasteiger partial charge >= 0.3 is 5.97 Å². The molecule has 0 saturated carbocycles. The lowest BCUT2D eigenvalue weighted by Gasteiger charge is -2.12. The number of aromatic nitrogens is 1. The highest BCUT2D eigenvalue weighted by atomic mass is 32.2. The molecule has 150 valence electrons. The zero-order valence-electron chi connectivity index (χ0n) is 15.3. The number of aliphatic hydroxyl groups excluding tert-OH is 1. The molecule has 0 amide bonds. The van der Waals surface area contributed by atoms with E-state index in [-0.39, 0.29) is 34.6 Å². The van der Waals surface area contributed by atoms with Crippen LogP contribution in [-0.4, -0.2) is 47.8 Å². The lowest BCUT2D eigenvalue weighted by Crippen LogP contribution is -2.20. The van der Waals surface area contributed by atoms with E-state index in [2.05, 4.69) is 0 Å². The molecule has 29 heavy (non-hydrogen) atoms. The molecule has 0 unspecified atom stereocenters. The van der Waals surface area contributed by atoms with Gasteiger partial charge < -0.3 is 14.8 Å². The van der Waals surface area contributed by atoms with Crippen LogP contribution in [0.25, 0.3) is 10.9 Å². The summed E-state index contributed by atoms with van der Waals surface area (Å²) in [5, 5.41) is 18.5. The standard InChI is InChI=1S/C20H17NO7S/c1-29(27,28)17-5-3-2-4-13(17)18(23)12-6-7-16-14(10-12)19(24)15(20(25)26)11-21(16)8-9-22/h2-7,10-11,22H,8-9H2,1H3,(H,25,26). The Morgan fingerprint density at radius 2 is 1.76 bits per heavy atom. The third-order valence-electron chi connectivity index (χ3n) is 4.44. The number of sulfone groups is 1. The number of carbonyl (C=O) groups excluding carboxylic acids is 1. The number of fused-ring (bicyclic) bond motifs is 1. The Morgan fingerprint density at radius 1 is 1.07 bits per heavy atom. The van der Waals surface area contributed by atoms with Gasteiger partial charge in [-0.05, 0) is 30.3 Å². The van der Waals surface area contributed by atoms with Crippen LogP contribution in [0, 0.1) is 0 Å². The van der Waals surface area contributed by atoms with Crippen LogP contribution in [0.5, 0.6) is 0 Å². The maximum Gasteiger partial charge on any atom is 0.341 e. The fourth-order valence-electron chi connectivity index (χ4n) is 3.12. The SMILES string of the molecule is CS(=O)(=O)c1ccccc1C(=O)c1ccc2c(c1)c(=O)c(C(=O)O)cn2CCO. The zero-order chi connectivity index (χ0) is 21.3. The Labute approximate surface area is 165 Å². The molecule has 3 rings (SSSR count). The van der Waals surface area contributed by atoms with E-state index in [1.807, 2.05) is 0 Å². The maximum atomic E-state index is 13.0. The van der Waals surface area contributed by atoms with Crippen molar-refractivity contribution >= 4 is 32.5 Å². The summed E-state index contributed by atoms with van der Waals surface area (Å²) in [6.45, 7) is -0.222. The van der Waals surface area contributed by atoms with Crippen LogP contribution < -0.4 is 5.43 Å². The smallest absolute Gasteiger partial charge is 0.341 e. The van der Waals surface area contributed by atoms with Gasteiger partial charge in [-0.3, -0.25) is 9.59 Å². The number of benzene rings is 2. The molecule has 2 aromatic carbocycles. The first-order chi connectivity index (χ1) is 13.6. The van der Waals surface area contributed by atoms with Gasteiger partial charge in [-0.1, -0.05) is 12.1 Å². The zero-order valence-corrected chi connectivity index (χ0v) is 16.1.